The van der Waals surface area contributed by atoms with E-state index < -0.39 is 5.97 Å². The fourth-order valence-corrected chi connectivity index (χ4v) is 2.20. The number of carboxylic acid groups (broad SMARTS) is 1. The molecule has 116 valence electrons. The third-order valence-corrected chi connectivity index (χ3v) is 3.51. The Hall–Kier alpha value is -1.46. The summed E-state index contributed by atoms with van der Waals surface area (Å²) in [5.74, 6) is -0.924. The van der Waals surface area contributed by atoms with E-state index in [1.54, 1.807) is 19.2 Å². The molecule has 0 bridgehead atoms. The first-order chi connectivity index (χ1) is 9.90. The van der Waals surface area contributed by atoms with Gasteiger partial charge in [0.15, 0.2) is 0 Å². The molecule has 0 aliphatic carbocycles. The Morgan fingerprint density at radius 1 is 1.33 bits per heavy atom. The number of hydrogen-bond donors (Lipinski definition) is 2. The molecule has 2 N–H and O–H groups in total. The SMILES string of the molecule is CN(CCC(=O)O)C(=O)NCCCc1ccc(Cl)cc1Cl. The summed E-state index contributed by atoms with van der Waals surface area (Å²) in [5, 5.41) is 12.5. The molecule has 0 spiro atoms. The third kappa shape index (κ3) is 6.69. The highest BCUT2D eigenvalue weighted by Crippen LogP contribution is 2.21. The molecule has 1 rings (SSSR count). The Morgan fingerprint density at radius 2 is 2.05 bits per heavy atom. The lowest BCUT2D eigenvalue weighted by Crippen LogP contribution is -2.38. The van der Waals surface area contributed by atoms with Gasteiger partial charge >= 0.3 is 12.0 Å². The number of aryl methyl sites for hydroxylation is 1. The van der Waals surface area contributed by atoms with E-state index in [2.05, 4.69) is 5.32 Å². The van der Waals surface area contributed by atoms with Crippen LogP contribution in [0.4, 0.5) is 4.79 Å². The minimum atomic E-state index is -0.924. The van der Waals surface area contributed by atoms with E-state index in [1.807, 2.05) is 6.07 Å². The maximum Gasteiger partial charge on any atom is 0.317 e. The van der Waals surface area contributed by atoms with Gasteiger partial charge in [-0.25, -0.2) is 4.79 Å². The zero-order chi connectivity index (χ0) is 15.8. The first kappa shape index (κ1) is 17.6. The fourth-order valence-electron chi connectivity index (χ4n) is 1.70. The van der Waals surface area contributed by atoms with Gasteiger partial charge in [0.25, 0.3) is 0 Å². The summed E-state index contributed by atoms with van der Waals surface area (Å²) in [6, 6.07) is 5.06. The lowest BCUT2D eigenvalue weighted by atomic mass is 10.1. The number of hydrogen-bond acceptors (Lipinski definition) is 2. The molecule has 0 unspecified atom stereocenters. The summed E-state index contributed by atoms with van der Waals surface area (Å²) in [4.78, 5) is 23.4. The van der Waals surface area contributed by atoms with Crippen LogP contribution < -0.4 is 5.32 Å². The number of halogens is 2. The van der Waals surface area contributed by atoms with Gasteiger partial charge in [0, 0.05) is 30.2 Å². The van der Waals surface area contributed by atoms with Crippen molar-refractivity contribution in [1.82, 2.24) is 10.2 Å². The van der Waals surface area contributed by atoms with Crippen molar-refractivity contribution in [3.63, 3.8) is 0 Å². The van der Waals surface area contributed by atoms with E-state index in [9.17, 15) is 9.59 Å². The number of nitrogens with one attached hydrogen (secondary N) is 1. The summed E-state index contributed by atoms with van der Waals surface area (Å²) >= 11 is 11.9. The van der Waals surface area contributed by atoms with Crippen LogP contribution in [0.5, 0.6) is 0 Å². The van der Waals surface area contributed by atoms with Crippen LogP contribution in [0.1, 0.15) is 18.4 Å². The van der Waals surface area contributed by atoms with Gasteiger partial charge in [0.05, 0.1) is 6.42 Å². The van der Waals surface area contributed by atoms with Crippen LogP contribution in [0.15, 0.2) is 18.2 Å². The Labute approximate surface area is 133 Å². The first-order valence-corrected chi connectivity index (χ1v) is 7.30. The van der Waals surface area contributed by atoms with Crippen LogP contribution in [-0.2, 0) is 11.2 Å². The number of urea groups is 1. The molecular weight excluding hydrogens is 315 g/mol. The molecule has 0 aromatic heterocycles. The second kappa shape index (κ2) is 8.74. The largest absolute Gasteiger partial charge is 0.481 e. The number of nitrogens with zero attached hydrogens (tertiary/aromatic N) is 1. The van der Waals surface area contributed by atoms with Crippen LogP contribution >= 0.6 is 23.2 Å². The van der Waals surface area contributed by atoms with Crippen LogP contribution in [0.25, 0.3) is 0 Å². The molecule has 0 fully saturated rings. The standard InChI is InChI=1S/C14H18Cl2N2O3/c1-18(8-6-13(19)20)14(21)17-7-2-3-10-4-5-11(15)9-12(10)16/h4-5,9H,2-3,6-8H2,1H3,(H,17,21)(H,19,20). The maximum absolute atomic E-state index is 11.7. The van der Waals surface area contributed by atoms with Gasteiger partial charge in [-0.05, 0) is 30.5 Å². The van der Waals surface area contributed by atoms with Crippen LogP contribution in [0.2, 0.25) is 10.0 Å². The van der Waals surface area contributed by atoms with Gasteiger partial charge in [0.2, 0.25) is 0 Å². The lowest BCUT2D eigenvalue weighted by Gasteiger charge is -2.16. The molecular formula is C14H18Cl2N2O3. The minimum Gasteiger partial charge on any atom is -0.481 e. The predicted molar refractivity (Wildman–Crippen MR) is 83.1 cm³/mol. The topological polar surface area (TPSA) is 69.6 Å². The van der Waals surface area contributed by atoms with Crippen molar-refractivity contribution < 1.29 is 14.7 Å². The van der Waals surface area contributed by atoms with E-state index in [1.165, 1.54) is 4.90 Å². The highest BCUT2D eigenvalue weighted by Gasteiger charge is 2.09. The number of amides is 2. The normalized spacial score (nSPS) is 10.2. The van der Waals surface area contributed by atoms with Crippen molar-refractivity contribution in [2.75, 3.05) is 20.1 Å². The van der Waals surface area contributed by atoms with Gasteiger partial charge in [-0.1, -0.05) is 29.3 Å². The molecule has 1 aromatic carbocycles. The number of aliphatic carboxylic acids is 1. The van der Waals surface area contributed by atoms with Gasteiger partial charge in [-0.3, -0.25) is 4.79 Å². The summed E-state index contributed by atoms with van der Waals surface area (Å²) in [6.07, 6.45) is 1.40. The average molecular weight is 333 g/mol. The van der Waals surface area contributed by atoms with Gasteiger partial charge < -0.3 is 15.3 Å². The van der Waals surface area contributed by atoms with Crippen LogP contribution in [0.3, 0.4) is 0 Å². The Kier molecular flexibility index (Phi) is 7.32. The molecule has 0 radical (unpaired) electrons. The smallest absolute Gasteiger partial charge is 0.317 e. The van der Waals surface area contributed by atoms with Crippen molar-refractivity contribution in [3.05, 3.63) is 33.8 Å². The zero-order valence-electron chi connectivity index (χ0n) is 11.7. The van der Waals surface area contributed by atoms with Gasteiger partial charge in [-0.15, -0.1) is 0 Å². The number of carboxylic acids is 1. The number of carbonyl (C=O) groups is 2. The second-order valence-electron chi connectivity index (χ2n) is 4.64. The van der Waals surface area contributed by atoms with Gasteiger partial charge in [-0.2, -0.15) is 0 Å². The van der Waals surface area contributed by atoms with Crippen molar-refractivity contribution in [2.45, 2.75) is 19.3 Å². The zero-order valence-corrected chi connectivity index (χ0v) is 13.2. The van der Waals surface area contributed by atoms with E-state index in [0.717, 1.165) is 18.4 Å². The van der Waals surface area contributed by atoms with Crippen LogP contribution in [0, 0.1) is 0 Å². The summed E-state index contributed by atoms with van der Waals surface area (Å²) in [6.45, 7) is 0.680. The van der Waals surface area contributed by atoms with Crippen molar-refractivity contribution >= 4 is 35.2 Å². The van der Waals surface area contributed by atoms with E-state index in [0.29, 0.717) is 16.6 Å². The molecule has 0 aliphatic rings. The molecule has 0 atom stereocenters. The van der Waals surface area contributed by atoms with Crippen molar-refractivity contribution in [3.8, 4) is 0 Å². The Morgan fingerprint density at radius 3 is 2.67 bits per heavy atom. The van der Waals surface area contributed by atoms with Gasteiger partial charge in [0.1, 0.15) is 0 Å². The Bertz CT molecular complexity index is 509. The summed E-state index contributed by atoms with van der Waals surface area (Å²) < 4.78 is 0. The highest BCUT2D eigenvalue weighted by atomic mass is 35.5. The molecule has 1 aromatic rings. The first-order valence-electron chi connectivity index (χ1n) is 6.55. The Balaban J connectivity index is 2.27. The number of benzene rings is 1. The summed E-state index contributed by atoms with van der Waals surface area (Å²) in [7, 11) is 1.56. The molecule has 5 nitrogen and oxygen atoms in total. The van der Waals surface area contributed by atoms with E-state index >= 15 is 0 Å². The van der Waals surface area contributed by atoms with Crippen LogP contribution in [-0.4, -0.2) is 42.1 Å². The predicted octanol–water partition coefficient (Wildman–Crippen LogP) is 3.04. The summed E-state index contributed by atoms with van der Waals surface area (Å²) in [5.41, 5.74) is 0.981. The highest BCUT2D eigenvalue weighted by molar-refractivity contribution is 6.35. The fraction of sp³-hybridized carbons (Fsp3) is 0.429. The average Bonchev–Trinajstić information content (AvgIpc) is 2.42. The number of carbonyl (C=O) groups excluding carboxylic acids is 1. The molecule has 21 heavy (non-hydrogen) atoms. The molecule has 0 aliphatic heterocycles. The molecule has 7 heteroatoms. The van der Waals surface area contributed by atoms with E-state index in [-0.39, 0.29) is 19.0 Å². The monoisotopic (exact) mass is 332 g/mol. The number of rotatable bonds is 7. The molecule has 0 saturated carbocycles. The minimum absolute atomic E-state index is 0.0652. The van der Waals surface area contributed by atoms with Crippen molar-refractivity contribution in [1.29, 1.82) is 0 Å². The second-order valence-corrected chi connectivity index (χ2v) is 5.48. The van der Waals surface area contributed by atoms with Crippen molar-refractivity contribution in [2.24, 2.45) is 0 Å². The molecule has 0 heterocycles. The maximum atomic E-state index is 11.7. The quantitative estimate of drug-likeness (QED) is 0.754. The van der Waals surface area contributed by atoms with E-state index in [4.69, 9.17) is 28.3 Å². The lowest BCUT2D eigenvalue weighted by molar-refractivity contribution is -0.137. The molecule has 2 amide bonds. The molecule has 0 saturated heterocycles. The third-order valence-electron chi connectivity index (χ3n) is 2.92.